The van der Waals surface area contributed by atoms with Crippen LogP contribution in [0.15, 0.2) is 18.2 Å². The van der Waals surface area contributed by atoms with Crippen molar-refractivity contribution in [3.63, 3.8) is 0 Å². The van der Waals surface area contributed by atoms with Gasteiger partial charge in [-0.2, -0.15) is 0 Å². The molecule has 3 heteroatoms. The first kappa shape index (κ1) is 14.7. The van der Waals surface area contributed by atoms with E-state index in [0.29, 0.717) is 6.42 Å². The molecule has 1 N–H and O–H groups in total. The van der Waals surface area contributed by atoms with Crippen molar-refractivity contribution >= 4 is 5.97 Å². The Hall–Kier alpha value is -1.38. The van der Waals surface area contributed by atoms with Crippen molar-refractivity contribution in [3.8, 4) is 0 Å². The summed E-state index contributed by atoms with van der Waals surface area (Å²) in [6.45, 7) is 5.73. The first-order valence-electron chi connectivity index (χ1n) is 6.50. The van der Waals surface area contributed by atoms with E-state index in [9.17, 15) is 9.18 Å². The summed E-state index contributed by atoms with van der Waals surface area (Å²) >= 11 is 0. The molecule has 0 spiro atoms. The van der Waals surface area contributed by atoms with Crippen LogP contribution in [0.1, 0.15) is 50.7 Å². The lowest BCUT2D eigenvalue weighted by Gasteiger charge is -2.15. The van der Waals surface area contributed by atoms with Crippen LogP contribution in [0.25, 0.3) is 0 Å². The third-order valence-electron chi connectivity index (χ3n) is 3.45. The standard InChI is InChI=1S/C15H21FO2/c1-4-12(5-2)13-7-6-11(9-14(13)16)8-10(3)15(17)18/h6-7,9-10,12H,4-5,8H2,1-3H3,(H,17,18). The molecule has 0 amide bonds. The van der Waals surface area contributed by atoms with Crippen molar-refractivity contribution in [2.75, 3.05) is 0 Å². The van der Waals surface area contributed by atoms with E-state index >= 15 is 0 Å². The number of carboxylic acid groups (broad SMARTS) is 1. The highest BCUT2D eigenvalue weighted by atomic mass is 19.1. The Labute approximate surface area is 108 Å². The smallest absolute Gasteiger partial charge is 0.306 e. The molecule has 100 valence electrons. The fourth-order valence-corrected chi connectivity index (χ4v) is 2.20. The van der Waals surface area contributed by atoms with Gasteiger partial charge in [0, 0.05) is 0 Å². The van der Waals surface area contributed by atoms with E-state index in [0.717, 1.165) is 24.0 Å². The Morgan fingerprint density at radius 1 is 1.33 bits per heavy atom. The molecule has 0 aliphatic heterocycles. The Morgan fingerprint density at radius 3 is 2.39 bits per heavy atom. The highest BCUT2D eigenvalue weighted by molar-refractivity contribution is 5.69. The van der Waals surface area contributed by atoms with E-state index in [2.05, 4.69) is 0 Å². The van der Waals surface area contributed by atoms with E-state index in [1.807, 2.05) is 19.9 Å². The lowest BCUT2D eigenvalue weighted by atomic mass is 9.91. The average Bonchev–Trinajstić information content (AvgIpc) is 2.33. The van der Waals surface area contributed by atoms with Gasteiger partial charge in [-0.15, -0.1) is 0 Å². The van der Waals surface area contributed by atoms with Gasteiger partial charge in [0.15, 0.2) is 0 Å². The maximum atomic E-state index is 14.0. The maximum absolute atomic E-state index is 14.0. The number of rotatable bonds is 6. The minimum Gasteiger partial charge on any atom is -0.481 e. The van der Waals surface area contributed by atoms with Crippen LogP contribution in [-0.2, 0) is 11.2 Å². The van der Waals surface area contributed by atoms with Crippen molar-refractivity contribution < 1.29 is 14.3 Å². The molecule has 1 unspecified atom stereocenters. The third kappa shape index (κ3) is 3.56. The van der Waals surface area contributed by atoms with Crippen molar-refractivity contribution in [2.45, 2.75) is 46.0 Å². The van der Waals surface area contributed by atoms with Gasteiger partial charge in [0.05, 0.1) is 5.92 Å². The van der Waals surface area contributed by atoms with Crippen molar-refractivity contribution in [1.82, 2.24) is 0 Å². The predicted molar refractivity (Wildman–Crippen MR) is 70.2 cm³/mol. The van der Waals surface area contributed by atoms with E-state index < -0.39 is 11.9 Å². The third-order valence-corrected chi connectivity index (χ3v) is 3.45. The Bertz CT molecular complexity index is 411. The minimum absolute atomic E-state index is 0.209. The van der Waals surface area contributed by atoms with Crippen LogP contribution in [0, 0.1) is 11.7 Å². The van der Waals surface area contributed by atoms with Gasteiger partial charge in [0.25, 0.3) is 0 Å². The number of carbonyl (C=O) groups is 1. The Balaban J connectivity index is 2.88. The summed E-state index contributed by atoms with van der Waals surface area (Å²) in [6, 6.07) is 5.13. The highest BCUT2D eigenvalue weighted by Crippen LogP contribution is 2.26. The summed E-state index contributed by atoms with van der Waals surface area (Å²) in [5, 5.41) is 8.84. The zero-order valence-electron chi connectivity index (χ0n) is 11.2. The molecule has 1 rings (SSSR count). The van der Waals surface area contributed by atoms with Crippen molar-refractivity contribution in [3.05, 3.63) is 35.1 Å². The van der Waals surface area contributed by atoms with Gasteiger partial charge >= 0.3 is 5.97 Å². The summed E-state index contributed by atoms with van der Waals surface area (Å²) in [5.74, 6) is -1.29. The van der Waals surface area contributed by atoms with Gasteiger partial charge in [-0.3, -0.25) is 4.79 Å². The summed E-state index contributed by atoms with van der Waals surface area (Å²) < 4.78 is 14.0. The minimum atomic E-state index is -0.848. The van der Waals surface area contributed by atoms with Gasteiger partial charge in [0.1, 0.15) is 5.82 Å². The zero-order valence-corrected chi connectivity index (χ0v) is 11.2. The van der Waals surface area contributed by atoms with Crippen LogP contribution in [0.2, 0.25) is 0 Å². The molecule has 0 heterocycles. The van der Waals surface area contributed by atoms with Crippen LogP contribution in [0.4, 0.5) is 4.39 Å². The van der Waals surface area contributed by atoms with Gasteiger partial charge in [-0.1, -0.05) is 32.9 Å². The Kier molecular flexibility index (Phi) is 5.32. The van der Waals surface area contributed by atoms with Crippen LogP contribution in [0.5, 0.6) is 0 Å². The SMILES string of the molecule is CCC(CC)c1ccc(CC(C)C(=O)O)cc1F. The molecule has 0 fully saturated rings. The monoisotopic (exact) mass is 252 g/mol. The molecule has 0 aliphatic rings. The second-order valence-corrected chi connectivity index (χ2v) is 4.81. The summed E-state index contributed by atoms with van der Waals surface area (Å²) in [5.41, 5.74) is 1.49. The zero-order chi connectivity index (χ0) is 13.7. The molecule has 0 saturated heterocycles. The molecule has 0 bridgehead atoms. The summed E-state index contributed by atoms with van der Waals surface area (Å²) in [7, 11) is 0. The van der Waals surface area contributed by atoms with Crippen LogP contribution < -0.4 is 0 Å². The summed E-state index contributed by atoms with van der Waals surface area (Å²) in [6.07, 6.45) is 2.20. The lowest BCUT2D eigenvalue weighted by Crippen LogP contribution is -2.12. The normalized spacial score (nSPS) is 12.7. The van der Waals surface area contributed by atoms with Crippen LogP contribution >= 0.6 is 0 Å². The van der Waals surface area contributed by atoms with E-state index in [1.54, 1.807) is 13.0 Å². The van der Waals surface area contributed by atoms with Crippen LogP contribution in [-0.4, -0.2) is 11.1 Å². The number of halogens is 1. The van der Waals surface area contributed by atoms with Gasteiger partial charge in [-0.05, 0) is 42.4 Å². The molecule has 0 aliphatic carbocycles. The molecular formula is C15H21FO2. The molecule has 2 nitrogen and oxygen atoms in total. The van der Waals surface area contributed by atoms with Crippen LogP contribution in [0.3, 0.4) is 0 Å². The topological polar surface area (TPSA) is 37.3 Å². The van der Waals surface area contributed by atoms with E-state index in [4.69, 9.17) is 5.11 Å². The second kappa shape index (κ2) is 6.53. The first-order valence-corrected chi connectivity index (χ1v) is 6.50. The molecular weight excluding hydrogens is 231 g/mol. The van der Waals surface area contributed by atoms with Gasteiger partial charge in [0.2, 0.25) is 0 Å². The quantitative estimate of drug-likeness (QED) is 0.831. The molecule has 1 atom stereocenters. The number of aliphatic carboxylic acids is 1. The predicted octanol–water partition coefficient (Wildman–Crippen LogP) is 3.99. The van der Waals surface area contributed by atoms with E-state index in [1.165, 1.54) is 6.07 Å². The number of hydrogen-bond acceptors (Lipinski definition) is 1. The number of hydrogen-bond donors (Lipinski definition) is 1. The fourth-order valence-electron chi connectivity index (χ4n) is 2.20. The van der Waals surface area contributed by atoms with Crippen molar-refractivity contribution in [2.24, 2.45) is 5.92 Å². The molecule has 0 radical (unpaired) electrons. The van der Waals surface area contributed by atoms with Gasteiger partial charge in [-0.25, -0.2) is 4.39 Å². The number of benzene rings is 1. The summed E-state index contributed by atoms with van der Waals surface area (Å²) in [4.78, 5) is 10.8. The maximum Gasteiger partial charge on any atom is 0.306 e. The number of carboxylic acids is 1. The largest absolute Gasteiger partial charge is 0.481 e. The van der Waals surface area contributed by atoms with E-state index in [-0.39, 0.29) is 11.7 Å². The average molecular weight is 252 g/mol. The lowest BCUT2D eigenvalue weighted by molar-refractivity contribution is -0.141. The van der Waals surface area contributed by atoms with Crippen molar-refractivity contribution in [1.29, 1.82) is 0 Å². The molecule has 1 aromatic carbocycles. The Morgan fingerprint density at radius 2 is 1.94 bits per heavy atom. The first-order chi connectivity index (χ1) is 8.49. The molecule has 18 heavy (non-hydrogen) atoms. The second-order valence-electron chi connectivity index (χ2n) is 4.81. The molecule has 0 saturated carbocycles. The highest BCUT2D eigenvalue weighted by Gasteiger charge is 2.15. The van der Waals surface area contributed by atoms with Gasteiger partial charge < -0.3 is 5.11 Å². The molecule has 1 aromatic rings. The molecule has 0 aromatic heterocycles. The fraction of sp³-hybridized carbons (Fsp3) is 0.533.